The summed E-state index contributed by atoms with van der Waals surface area (Å²) in [6, 6.07) is 18.2. The number of ketones is 1. The van der Waals surface area contributed by atoms with Crippen molar-refractivity contribution in [1.29, 1.82) is 0 Å². The van der Waals surface area contributed by atoms with Crippen LogP contribution in [0.3, 0.4) is 0 Å². The zero-order valence-corrected chi connectivity index (χ0v) is 20.7. The molecule has 1 saturated carbocycles. The number of phenols is 1. The summed E-state index contributed by atoms with van der Waals surface area (Å²) in [6.07, 6.45) is 1.98. The van der Waals surface area contributed by atoms with Gasteiger partial charge in [-0.15, -0.1) is 0 Å². The van der Waals surface area contributed by atoms with Gasteiger partial charge in [-0.05, 0) is 71.3 Å². The summed E-state index contributed by atoms with van der Waals surface area (Å²) < 4.78 is 11.4. The molecule has 0 heterocycles. The minimum Gasteiger partial charge on any atom is -0.508 e. The molecule has 0 aliphatic heterocycles. The molecule has 6 heteroatoms. The first-order valence-electron chi connectivity index (χ1n) is 12.4. The molecule has 0 aromatic heterocycles. The second-order valence-electron chi connectivity index (χ2n) is 10.3. The topological polar surface area (TPSA) is 89.9 Å². The number of ether oxygens (including phenoxy) is 2. The first-order valence-corrected chi connectivity index (χ1v) is 12.4. The van der Waals surface area contributed by atoms with Gasteiger partial charge in [-0.1, -0.05) is 50.2 Å². The Morgan fingerprint density at radius 3 is 2.53 bits per heavy atom. The van der Waals surface area contributed by atoms with Crippen LogP contribution in [0.2, 0.25) is 0 Å². The van der Waals surface area contributed by atoms with E-state index in [-0.39, 0.29) is 23.4 Å². The minimum absolute atomic E-state index is 0.0284. The Morgan fingerprint density at radius 1 is 1.06 bits per heavy atom. The normalized spacial score (nSPS) is 26.6. The highest BCUT2D eigenvalue weighted by molar-refractivity contribution is 5.97. The van der Waals surface area contributed by atoms with Crippen LogP contribution in [0.1, 0.15) is 61.0 Å². The smallest absolute Gasteiger partial charge is 0.339 e. The van der Waals surface area contributed by atoms with Crippen LogP contribution in [0.25, 0.3) is 10.8 Å². The molecular weight excluding hydrogens is 456 g/mol. The van der Waals surface area contributed by atoms with Crippen LogP contribution in [-0.2, 0) is 25.5 Å². The molecule has 0 spiro atoms. The number of benzene rings is 3. The van der Waals surface area contributed by atoms with Crippen molar-refractivity contribution in [2.45, 2.75) is 51.6 Å². The number of esters is 2. The molecular formula is C30H30O6. The SMILES string of the molecule is CC(=O)OCC(=O)[C@]1(OC(=O)c2ccccc2)[C@H](C)C[C@H]2c3ccc4cc(O)ccc4c3CC[C@@]21C. The molecule has 2 aliphatic rings. The van der Waals surface area contributed by atoms with Gasteiger partial charge in [-0.2, -0.15) is 0 Å². The molecule has 0 radical (unpaired) electrons. The van der Waals surface area contributed by atoms with E-state index in [1.165, 1.54) is 12.5 Å². The third kappa shape index (κ3) is 3.58. The molecule has 1 fully saturated rings. The van der Waals surface area contributed by atoms with Gasteiger partial charge < -0.3 is 14.6 Å². The number of hydrogen-bond donors (Lipinski definition) is 1. The minimum atomic E-state index is -1.44. The van der Waals surface area contributed by atoms with Crippen LogP contribution in [0.5, 0.6) is 5.75 Å². The number of hydrogen-bond acceptors (Lipinski definition) is 6. The largest absolute Gasteiger partial charge is 0.508 e. The predicted molar refractivity (Wildman–Crippen MR) is 135 cm³/mol. The van der Waals surface area contributed by atoms with Crippen molar-refractivity contribution in [3.8, 4) is 5.75 Å². The van der Waals surface area contributed by atoms with Crippen molar-refractivity contribution in [2.24, 2.45) is 11.3 Å². The first-order chi connectivity index (χ1) is 17.2. The zero-order chi connectivity index (χ0) is 25.7. The third-order valence-electron chi connectivity index (χ3n) is 8.41. The maximum absolute atomic E-state index is 13.9. The maximum Gasteiger partial charge on any atom is 0.339 e. The van der Waals surface area contributed by atoms with E-state index in [0.29, 0.717) is 24.8 Å². The molecule has 0 unspecified atom stereocenters. The Hall–Kier alpha value is -3.67. The summed E-state index contributed by atoms with van der Waals surface area (Å²) in [4.78, 5) is 38.8. The standard InChI is InChI=1S/C30H30O6/c1-18-15-26-25-11-9-21-16-22(32)10-12-23(21)24(25)13-14-29(26,3)30(18,27(33)17-35-19(2)31)36-28(34)20-7-5-4-6-8-20/h4-12,16,18,26,32H,13-15,17H2,1-3H3/t18-,26+,29+,30-/m1/s1. The Labute approximate surface area is 210 Å². The first kappa shape index (κ1) is 24.0. The number of aryl methyl sites for hydroxylation is 1. The van der Waals surface area contributed by atoms with Gasteiger partial charge in [0.25, 0.3) is 0 Å². The monoisotopic (exact) mass is 486 g/mol. The van der Waals surface area contributed by atoms with Crippen molar-refractivity contribution in [3.05, 3.63) is 77.4 Å². The fraction of sp³-hybridized carbons (Fsp3) is 0.367. The highest BCUT2D eigenvalue weighted by Crippen LogP contribution is 2.65. The molecule has 6 nitrogen and oxygen atoms in total. The number of phenolic OH excluding ortho intramolecular Hbond substituents is 1. The van der Waals surface area contributed by atoms with Crippen LogP contribution >= 0.6 is 0 Å². The molecule has 0 saturated heterocycles. The summed E-state index contributed by atoms with van der Waals surface area (Å²) in [5.41, 5.74) is 0.595. The Bertz CT molecular complexity index is 1360. The van der Waals surface area contributed by atoms with E-state index < -0.39 is 29.6 Å². The van der Waals surface area contributed by atoms with Crippen LogP contribution in [-0.4, -0.2) is 35.0 Å². The number of fused-ring (bicyclic) bond motifs is 5. The van der Waals surface area contributed by atoms with E-state index in [0.717, 1.165) is 16.3 Å². The number of rotatable bonds is 5. The molecule has 2 aliphatic carbocycles. The lowest BCUT2D eigenvalue weighted by atomic mass is 9.59. The second kappa shape index (κ2) is 8.77. The Kier molecular flexibility index (Phi) is 5.86. The average Bonchev–Trinajstić information content (AvgIpc) is 3.09. The highest BCUT2D eigenvalue weighted by atomic mass is 16.6. The van der Waals surface area contributed by atoms with Crippen LogP contribution < -0.4 is 0 Å². The fourth-order valence-corrected chi connectivity index (χ4v) is 6.74. The summed E-state index contributed by atoms with van der Waals surface area (Å²) >= 11 is 0. The van der Waals surface area contributed by atoms with Gasteiger partial charge in [0.05, 0.1) is 5.56 Å². The molecule has 36 heavy (non-hydrogen) atoms. The van der Waals surface area contributed by atoms with Crippen molar-refractivity contribution in [1.82, 2.24) is 0 Å². The van der Waals surface area contributed by atoms with E-state index in [4.69, 9.17) is 9.47 Å². The Balaban J connectivity index is 1.62. The lowest BCUT2D eigenvalue weighted by molar-refractivity contribution is -0.166. The van der Waals surface area contributed by atoms with Gasteiger partial charge in [0.2, 0.25) is 5.78 Å². The lowest BCUT2D eigenvalue weighted by Crippen LogP contribution is -2.59. The molecule has 4 atom stereocenters. The fourth-order valence-electron chi connectivity index (χ4n) is 6.74. The number of carbonyl (C=O) groups is 3. The Morgan fingerprint density at radius 2 is 1.81 bits per heavy atom. The van der Waals surface area contributed by atoms with E-state index in [9.17, 15) is 19.5 Å². The van der Waals surface area contributed by atoms with Crippen molar-refractivity contribution in [3.63, 3.8) is 0 Å². The quantitative estimate of drug-likeness (QED) is 0.489. The highest BCUT2D eigenvalue weighted by Gasteiger charge is 2.68. The summed E-state index contributed by atoms with van der Waals surface area (Å²) in [5.74, 6) is -1.58. The molecule has 3 aromatic rings. The summed E-state index contributed by atoms with van der Waals surface area (Å²) in [5, 5.41) is 12.0. The van der Waals surface area contributed by atoms with E-state index >= 15 is 0 Å². The molecule has 0 bridgehead atoms. The van der Waals surface area contributed by atoms with Gasteiger partial charge in [-0.25, -0.2) is 4.79 Å². The van der Waals surface area contributed by atoms with Crippen LogP contribution in [0.15, 0.2) is 60.7 Å². The molecule has 5 rings (SSSR count). The molecule has 3 aromatic carbocycles. The van der Waals surface area contributed by atoms with Gasteiger partial charge in [0.1, 0.15) is 5.75 Å². The number of carbonyl (C=O) groups excluding carboxylic acids is 3. The maximum atomic E-state index is 13.9. The van der Waals surface area contributed by atoms with Gasteiger partial charge >= 0.3 is 11.9 Å². The summed E-state index contributed by atoms with van der Waals surface area (Å²) in [7, 11) is 0. The molecule has 186 valence electrons. The number of Topliss-reactive ketones (excluding diaryl/α,β-unsaturated/α-hetero) is 1. The van der Waals surface area contributed by atoms with Crippen LogP contribution in [0.4, 0.5) is 0 Å². The zero-order valence-electron chi connectivity index (χ0n) is 20.7. The van der Waals surface area contributed by atoms with Gasteiger partial charge in [-0.3, -0.25) is 9.59 Å². The molecule has 0 amide bonds. The summed E-state index contributed by atoms with van der Waals surface area (Å²) in [6.45, 7) is 4.81. The van der Waals surface area contributed by atoms with Gasteiger partial charge in [0.15, 0.2) is 12.2 Å². The molecule has 1 N–H and O–H groups in total. The average molecular weight is 487 g/mol. The van der Waals surface area contributed by atoms with Crippen molar-refractivity contribution >= 4 is 28.5 Å². The predicted octanol–water partition coefficient (Wildman–Crippen LogP) is 5.35. The number of aromatic hydroxyl groups is 1. The van der Waals surface area contributed by atoms with Crippen molar-refractivity contribution in [2.75, 3.05) is 6.61 Å². The van der Waals surface area contributed by atoms with Crippen molar-refractivity contribution < 1.29 is 29.0 Å². The second-order valence-corrected chi connectivity index (χ2v) is 10.3. The van der Waals surface area contributed by atoms with E-state index in [2.05, 4.69) is 6.07 Å². The third-order valence-corrected chi connectivity index (χ3v) is 8.41. The van der Waals surface area contributed by atoms with Gasteiger partial charge in [0, 0.05) is 18.3 Å². The lowest BCUT2D eigenvalue weighted by Gasteiger charge is -2.48. The van der Waals surface area contributed by atoms with E-state index in [1.807, 2.05) is 32.0 Å². The van der Waals surface area contributed by atoms with Crippen LogP contribution in [0, 0.1) is 11.3 Å². The van der Waals surface area contributed by atoms with E-state index in [1.54, 1.807) is 36.4 Å².